The van der Waals surface area contributed by atoms with Crippen LogP contribution in [0, 0.1) is 0 Å². The summed E-state index contributed by atoms with van der Waals surface area (Å²) in [7, 11) is 0. The Hall–Kier alpha value is -1.70. The zero-order valence-corrected chi connectivity index (χ0v) is 15.0. The molecule has 0 aromatic carbocycles. The van der Waals surface area contributed by atoms with Gasteiger partial charge >= 0.3 is 0 Å². The minimum Gasteiger partial charge on any atom is -0.333 e. The molecular weight excluding hydrogens is 348 g/mol. The van der Waals surface area contributed by atoms with E-state index in [4.69, 9.17) is 11.6 Å². The number of rotatable bonds is 5. The fourth-order valence-corrected chi connectivity index (χ4v) is 3.82. The van der Waals surface area contributed by atoms with Crippen LogP contribution >= 0.6 is 22.9 Å². The molecule has 1 aliphatic heterocycles. The molecule has 0 unspecified atom stereocenters. The summed E-state index contributed by atoms with van der Waals surface area (Å²) in [5.74, 6) is -0.919. The molecule has 0 saturated carbocycles. The Kier molecular flexibility index (Phi) is 5.33. The number of aromatic nitrogens is 2. The first-order valence-corrected chi connectivity index (χ1v) is 9.09. The minimum absolute atomic E-state index is 0.359. The van der Waals surface area contributed by atoms with E-state index in [9.17, 15) is 9.59 Å². The fourth-order valence-electron chi connectivity index (χ4n) is 2.69. The molecule has 1 aliphatic rings. The second-order valence-corrected chi connectivity index (χ2v) is 7.49. The Bertz CT molecular complexity index is 734. The van der Waals surface area contributed by atoms with Crippen LogP contribution in [0.5, 0.6) is 0 Å². The third kappa shape index (κ3) is 3.85. The maximum Gasteiger partial charge on any atom is 0.295 e. The molecule has 0 spiro atoms. The van der Waals surface area contributed by atoms with E-state index < -0.39 is 11.7 Å². The van der Waals surface area contributed by atoms with Crippen LogP contribution in [0.25, 0.3) is 0 Å². The van der Waals surface area contributed by atoms with Gasteiger partial charge in [-0.25, -0.2) is 0 Å². The monoisotopic (exact) mass is 366 g/mol. The van der Waals surface area contributed by atoms with Gasteiger partial charge in [0.2, 0.25) is 0 Å². The van der Waals surface area contributed by atoms with Crippen molar-refractivity contribution >= 4 is 34.6 Å². The van der Waals surface area contributed by atoms with Gasteiger partial charge in [0.05, 0.1) is 16.1 Å². The zero-order valence-electron chi connectivity index (χ0n) is 13.4. The predicted octanol–water partition coefficient (Wildman–Crippen LogP) is 2.14. The molecule has 0 bridgehead atoms. The van der Waals surface area contributed by atoms with Crippen molar-refractivity contribution in [1.29, 1.82) is 0 Å². The summed E-state index contributed by atoms with van der Waals surface area (Å²) < 4.78 is 2.43. The highest BCUT2D eigenvalue weighted by Crippen LogP contribution is 2.23. The maximum absolute atomic E-state index is 12.4. The molecule has 1 fully saturated rings. The van der Waals surface area contributed by atoms with Crippen LogP contribution in [0.15, 0.2) is 24.5 Å². The number of amides is 1. The lowest BCUT2D eigenvalue weighted by Crippen LogP contribution is -2.50. The molecule has 2 aromatic rings. The number of thiophene rings is 1. The Balaban J connectivity index is 1.53. The first-order chi connectivity index (χ1) is 11.6. The number of Topliss-reactive ketones (excluding diaryl/α,β-unsaturated/α-hetero) is 1. The molecule has 3 rings (SSSR count). The van der Waals surface area contributed by atoms with Gasteiger partial charge in [-0.05, 0) is 19.1 Å². The molecule has 0 aliphatic carbocycles. The number of carbonyl (C=O) groups is 2. The summed E-state index contributed by atoms with van der Waals surface area (Å²) in [5, 5.41) is 4.05. The summed E-state index contributed by atoms with van der Waals surface area (Å²) in [5.41, 5.74) is 0.359. The molecule has 6 nitrogen and oxygen atoms in total. The number of hydrogen-bond donors (Lipinski definition) is 0. The maximum atomic E-state index is 12.4. The Labute approximate surface area is 149 Å². The van der Waals surface area contributed by atoms with Gasteiger partial charge < -0.3 is 4.90 Å². The molecule has 24 heavy (non-hydrogen) atoms. The van der Waals surface area contributed by atoms with E-state index in [0.29, 0.717) is 25.2 Å². The van der Waals surface area contributed by atoms with Crippen molar-refractivity contribution in [2.75, 3.05) is 26.2 Å². The van der Waals surface area contributed by atoms with Gasteiger partial charge in [-0.3, -0.25) is 19.2 Å². The molecule has 128 valence electrons. The van der Waals surface area contributed by atoms with E-state index >= 15 is 0 Å². The average Bonchev–Trinajstić information content (AvgIpc) is 3.23. The molecule has 1 amide bonds. The van der Waals surface area contributed by atoms with E-state index in [2.05, 4.69) is 10.00 Å². The van der Waals surface area contributed by atoms with Gasteiger partial charge in [0, 0.05) is 50.3 Å². The number of carbonyl (C=O) groups excluding carboxylic acids is 2. The molecule has 3 heterocycles. The van der Waals surface area contributed by atoms with Gasteiger partial charge in [-0.2, -0.15) is 5.10 Å². The summed E-state index contributed by atoms with van der Waals surface area (Å²) in [4.78, 5) is 29.8. The van der Waals surface area contributed by atoms with Crippen LogP contribution in [0.1, 0.15) is 22.2 Å². The molecule has 8 heteroatoms. The smallest absolute Gasteiger partial charge is 0.295 e. The summed E-state index contributed by atoms with van der Waals surface area (Å²) in [6.45, 7) is 6.06. The quantitative estimate of drug-likeness (QED) is 0.601. The van der Waals surface area contributed by atoms with Crippen molar-refractivity contribution in [3.05, 3.63) is 39.3 Å². The Morgan fingerprint density at radius 2 is 2.00 bits per heavy atom. The highest BCUT2D eigenvalue weighted by atomic mass is 35.5. The third-order valence-corrected chi connectivity index (χ3v) is 5.30. The Morgan fingerprint density at radius 3 is 2.58 bits per heavy atom. The van der Waals surface area contributed by atoms with Crippen LogP contribution in [0.4, 0.5) is 0 Å². The number of nitrogens with zero attached hydrogens (tertiary/aromatic N) is 4. The highest BCUT2D eigenvalue weighted by molar-refractivity contribution is 7.16. The molecule has 0 radical (unpaired) electrons. The van der Waals surface area contributed by atoms with Gasteiger partial charge in [-0.15, -0.1) is 11.3 Å². The largest absolute Gasteiger partial charge is 0.333 e. The van der Waals surface area contributed by atoms with Crippen molar-refractivity contribution in [3.63, 3.8) is 0 Å². The molecule has 0 atom stereocenters. The van der Waals surface area contributed by atoms with Crippen molar-refractivity contribution in [2.45, 2.75) is 20.0 Å². The van der Waals surface area contributed by atoms with E-state index in [1.807, 2.05) is 19.1 Å². The third-order valence-electron chi connectivity index (χ3n) is 4.08. The standard InChI is InChI=1S/C16H19ClN4O2S/c1-2-21-10-12(9-18-21)15(22)16(23)20-7-5-19(6-8-20)11-13-3-4-14(17)24-13/h3-4,9-10H,2,5-8,11H2,1H3. The lowest BCUT2D eigenvalue weighted by Gasteiger charge is -2.34. The first-order valence-electron chi connectivity index (χ1n) is 7.89. The van der Waals surface area contributed by atoms with Crippen LogP contribution in [-0.4, -0.2) is 57.4 Å². The molecule has 1 saturated heterocycles. The van der Waals surface area contributed by atoms with Gasteiger partial charge in [-0.1, -0.05) is 11.6 Å². The average molecular weight is 367 g/mol. The summed E-state index contributed by atoms with van der Waals surface area (Å²) >= 11 is 7.53. The van der Waals surface area contributed by atoms with Crippen molar-refractivity contribution in [3.8, 4) is 0 Å². The summed E-state index contributed by atoms with van der Waals surface area (Å²) in [6.07, 6.45) is 3.08. The minimum atomic E-state index is -0.479. The fraction of sp³-hybridized carbons (Fsp3) is 0.438. The topological polar surface area (TPSA) is 58.4 Å². The number of aryl methyl sites for hydroxylation is 1. The van der Waals surface area contributed by atoms with Crippen molar-refractivity contribution < 1.29 is 9.59 Å². The molecule has 2 aromatic heterocycles. The normalized spacial score (nSPS) is 15.7. The summed E-state index contributed by atoms with van der Waals surface area (Å²) in [6, 6.07) is 3.93. The lowest BCUT2D eigenvalue weighted by molar-refractivity contribution is -0.128. The van der Waals surface area contributed by atoms with Crippen molar-refractivity contribution in [1.82, 2.24) is 19.6 Å². The molecule has 0 N–H and O–H groups in total. The first kappa shape index (κ1) is 17.1. The van der Waals surface area contributed by atoms with Crippen LogP contribution < -0.4 is 0 Å². The van der Waals surface area contributed by atoms with Gasteiger partial charge in [0.25, 0.3) is 11.7 Å². The SMILES string of the molecule is CCn1cc(C(=O)C(=O)N2CCN(Cc3ccc(Cl)s3)CC2)cn1. The van der Waals surface area contributed by atoms with Crippen LogP contribution in [0.2, 0.25) is 4.34 Å². The van der Waals surface area contributed by atoms with E-state index in [1.165, 1.54) is 11.1 Å². The number of ketones is 1. The van der Waals surface area contributed by atoms with Crippen molar-refractivity contribution in [2.24, 2.45) is 0 Å². The highest BCUT2D eigenvalue weighted by Gasteiger charge is 2.27. The lowest BCUT2D eigenvalue weighted by atomic mass is 10.2. The molecular formula is C16H19ClN4O2S. The predicted molar refractivity (Wildman–Crippen MR) is 93.4 cm³/mol. The number of piperazine rings is 1. The number of hydrogen-bond acceptors (Lipinski definition) is 5. The van der Waals surface area contributed by atoms with Gasteiger partial charge in [0.15, 0.2) is 0 Å². The van der Waals surface area contributed by atoms with E-state index in [0.717, 1.165) is 24.0 Å². The van der Waals surface area contributed by atoms with E-state index in [1.54, 1.807) is 27.1 Å². The zero-order chi connectivity index (χ0) is 17.1. The number of halogens is 1. The second kappa shape index (κ2) is 7.46. The van der Waals surface area contributed by atoms with Gasteiger partial charge in [0.1, 0.15) is 0 Å². The van der Waals surface area contributed by atoms with E-state index in [-0.39, 0.29) is 0 Å². The second-order valence-electron chi connectivity index (χ2n) is 5.69. The van der Waals surface area contributed by atoms with Crippen LogP contribution in [-0.2, 0) is 17.9 Å². The van der Waals surface area contributed by atoms with Crippen LogP contribution in [0.3, 0.4) is 0 Å². The Morgan fingerprint density at radius 1 is 1.25 bits per heavy atom.